The molecular weight excluding hydrogens is 1450 g/mol. The predicted octanol–water partition coefficient (Wildman–Crippen LogP) is 21.8. The summed E-state index contributed by atoms with van der Waals surface area (Å²) in [4.78, 5) is 66.8. The Bertz CT molecular complexity index is 7760. The first-order valence-corrected chi connectivity index (χ1v) is 37.8. The summed E-state index contributed by atoms with van der Waals surface area (Å²) < 4.78 is 46.2. The lowest BCUT2D eigenvalue weighted by molar-refractivity contribution is 0.415. The van der Waals surface area contributed by atoms with Gasteiger partial charge in [0.1, 0.15) is 46.0 Å². The number of fused-ring (bicyclic) bond motifs is 28. The zero-order valence-corrected chi connectivity index (χ0v) is 64.0. The van der Waals surface area contributed by atoms with Crippen LogP contribution in [0.1, 0.15) is 22.8 Å². The van der Waals surface area contributed by atoms with Gasteiger partial charge in [-0.15, -0.1) is 0 Å². The zero-order valence-electron chi connectivity index (χ0n) is 64.0. The molecule has 8 aromatic carbocycles. The van der Waals surface area contributed by atoms with E-state index in [-0.39, 0.29) is 10.9 Å². The summed E-state index contributed by atoms with van der Waals surface area (Å²) in [5.74, 6) is 5.42. The summed E-state index contributed by atoms with van der Waals surface area (Å²) >= 11 is 0. The molecule has 18 heteroatoms. The van der Waals surface area contributed by atoms with Crippen LogP contribution >= 0.6 is 0 Å². The van der Waals surface area contributed by atoms with E-state index in [1.54, 1.807) is 56.9 Å². The number of ether oxygens (including phenoxy) is 8. The van der Waals surface area contributed by atoms with Crippen molar-refractivity contribution in [2.24, 2.45) is 0 Å². The van der Waals surface area contributed by atoms with Gasteiger partial charge in [0.2, 0.25) is 0 Å². The summed E-state index contributed by atoms with van der Waals surface area (Å²) in [5.41, 5.74) is 22.1. The number of aromatic nitrogens is 8. The second-order valence-corrected chi connectivity index (χ2v) is 28.9. The molecule has 0 fully saturated rings. The van der Waals surface area contributed by atoms with E-state index in [0.29, 0.717) is 62.0 Å². The average Bonchev–Trinajstić information content (AvgIpc) is 1.54. The SMILES string of the molecule is COc1cccc(-c2c3nc(c(-c4cccc(OC)c4)c4ccc([nH]4)c4c5nc6c(c7ccc2[nH]7)c2cc(OC)ccc2c-6c-5c(=O)c2c(OC)cccc24)C=C3)c1.COc1cccc(-c2c3nc(c(-c4cccc(OC)c4)c4ccc([nH]4)c4c5nc6c(c7ccc2[nH]7)c2cccc(OC)c2c-6c-5c(=O)c2ccc(OC)cc24)C=C3)c1. The molecule has 0 unspecified atom stereocenters. The van der Waals surface area contributed by atoms with Gasteiger partial charge >= 0.3 is 0 Å². The third-order valence-corrected chi connectivity index (χ3v) is 22.9. The summed E-state index contributed by atoms with van der Waals surface area (Å²) in [6, 6.07) is 71.9. The normalized spacial score (nSPS) is 12.1. The summed E-state index contributed by atoms with van der Waals surface area (Å²) in [5, 5.41) is 9.52. The van der Waals surface area contributed by atoms with Crippen molar-refractivity contribution < 1.29 is 37.9 Å². The lowest BCUT2D eigenvalue weighted by Gasteiger charge is -2.10. The number of hydrogen-bond acceptors (Lipinski definition) is 14. The van der Waals surface area contributed by atoms with E-state index in [4.69, 9.17) is 57.8 Å². The van der Waals surface area contributed by atoms with E-state index in [1.165, 1.54) is 0 Å². The molecule has 0 spiro atoms. The number of hydrogen-bond donors (Lipinski definition) is 4. The molecule has 4 aliphatic heterocycles. The molecule has 4 N–H and O–H groups in total. The van der Waals surface area contributed by atoms with Crippen LogP contribution in [0.5, 0.6) is 46.0 Å². The van der Waals surface area contributed by atoms with Crippen molar-refractivity contribution in [3.63, 3.8) is 0 Å². The standard InChI is InChI=1S/2C49H34N4O5/c1-55-27-10-5-8-25(22-27)40-33-16-17-34(50-33)41(26-9-6-11-28(23-26)56-2)36-19-21-38(52-36)43-32-24-29(57-3)14-15-30(32)49(54)46-45-44-31(12-7-13-39(44)58-4)42(47(45)53-48(43)46)37-20-18-35(40)51-37;1-55-27-10-5-8-25(22-27)40-33-16-17-34(50-33)41(26-9-6-11-28(23-26)56-2)36-19-21-38(52-36)43-32-24-29(57-3)14-15-30(32)45-46-48(53-47(43)45)42(37-20-18-35(40)51-37)31-12-7-13-39(58-4)44(31)49(46)54/h2*5-24,51-52H,1-4H3. The highest BCUT2D eigenvalue weighted by Crippen LogP contribution is 2.55. The van der Waals surface area contributed by atoms with Crippen molar-refractivity contribution in [3.8, 4) is 136 Å². The fourth-order valence-corrected chi connectivity index (χ4v) is 17.8. The van der Waals surface area contributed by atoms with E-state index < -0.39 is 0 Å². The minimum atomic E-state index is -0.134. The Morgan fingerprint density at radius 1 is 0.224 bits per heavy atom. The van der Waals surface area contributed by atoms with Crippen LogP contribution in [-0.4, -0.2) is 96.8 Å². The number of rotatable bonds is 12. The molecule has 10 heterocycles. The zero-order chi connectivity index (χ0) is 78.5. The summed E-state index contributed by atoms with van der Waals surface area (Å²) in [7, 11) is 13.2. The van der Waals surface area contributed by atoms with Crippen LogP contribution in [-0.2, 0) is 0 Å². The molecule has 0 atom stereocenters. The minimum Gasteiger partial charge on any atom is -0.497 e. The molecule has 16 bridgehead atoms. The third kappa shape index (κ3) is 10.4. The van der Waals surface area contributed by atoms with Crippen LogP contribution in [0.3, 0.4) is 0 Å². The van der Waals surface area contributed by atoms with E-state index >= 15 is 4.79 Å². The second-order valence-electron chi connectivity index (χ2n) is 28.9. The Balaban J connectivity index is 0.000000145. The van der Waals surface area contributed by atoms with Gasteiger partial charge in [-0.05, 0) is 208 Å². The van der Waals surface area contributed by atoms with Crippen molar-refractivity contribution in [2.75, 3.05) is 56.9 Å². The molecular formula is C98H68N8O10. The number of nitrogens with one attached hydrogen (secondary N) is 4. The molecule has 22 rings (SSSR count). The Kier molecular flexibility index (Phi) is 15.8. The van der Waals surface area contributed by atoms with Gasteiger partial charge in [-0.1, -0.05) is 72.8 Å². The molecule has 560 valence electrons. The highest BCUT2D eigenvalue weighted by molar-refractivity contribution is 6.31. The van der Waals surface area contributed by atoms with Crippen LogP contribution < -0.4 is 48.8 Å². The van der Waals surface area contributed by atoms with E-state index in [0.717, 1.165) is 205 Å². The predicted molar refractivity (Wildman–Crippen MR) is 465 cm³/mol. The van der Waals surface area contributed by atoms with Crippen LogP contribution in [0, 0.1) is 0 Å². The minimum absolute atomic E-state index is 0.106. The van der Waals surface area contributed by atoms with Crippen molar-refractivity contribution in [1.29, 1.82) is 0 Å². The molecule has 0 radical (unpaired) electrons. The molecule has 0 saturated carbocycles. The van der Waals surface area contributed by atoms with Crippen LogP contribution in [0.4, 0.5) is 0 Å². The lowest BCUT2D eigenvalue weighted by atomic mass is 9.94. The molecule has 6 aromatic heterocycles. The molecule has 14 aromatic rings. The second kappa shape index (κ2) is 26.7. The van der Waals surface area contributed by atoms with E-state index in [2.05, 4.69) is 123 Å². The van der Waals surface area contributed by atoms with Gasteiger partial charge in [0.05, 0.1) is 119 Å². The fourth-order valence-electron chi connectivity index (χ4n) is 17.8. The number of benzene rings is 10. The smallest absolute Gasteiger partial charge is 0.200 e. The molecule has 4 aliphatic carbocycles. The van der Waals surface area contributed by atoms with Crippen LogP contribution in [0.15, 0.2) is 228 Å². The van der Waals surface area contributed by atoms with Crippen molar-refractivity contribution in [3.05, 3.63) is 262 Å². The molecule has 116 heavy (non-hydrogen) atoms. The Labute approximate surface area is 661 Å². The monoisotopic (exact) mass is 1520 g/mol. The van der Waals surface area contributed by atoms with Gasteiger partial charge in [-0.3, -0.25) is 9.59 Å². The lowest BCUT2D eigenvalue weighted by Crippen LogP contribution is -2.08. The first-order chi connectivity index (χ1) is 56.9. The maximum absolute atomic E-state index is 15.0. The molecule has 0 saturated heterocycles. The first kappa shape index (κ1) is 68.7. The van der Waals surface area contributed by atoms with Gasteiger partial charge in [0, 0.05) is 121 Å². The van der Waals surface area contributed by atoms with Gasteiger partial charge in [-0.2, -0.15) is 0 Å². The van der Waals surface area contributed by atoms with Gasteiger partial charge in [-0.25, -0.2) is 19.9 Å². The Hall–Kier alpha value is -15.3. The topological polar surface area (TPSA) is 223 Å². The third-order valence-electron chi connectivity index (χ3n) is 22.9. The first-order valence-electron chi connectivity index (χ1n) is 37.8. The number of nitrogens with zero attached hydrogens (tertiary/aromatic N) is 4. The number of H-pyrrole nitrogens is 4. The van der Waals surface area contributed by atoms with Crippen LogP contribution in [0.2, 0.25) is 0 Å². The van der Waals surface area contributed by atoms with Crippen LogP contribution in [0.25, 0.3) is 223 Å². The van der Waals surface area contributed by atoms with E-state index in [1.807, 2.05) is 140 Å². The van der Waals surface area contributed by atoms with Crippen molar-refractivity contribution >= 4 is 133 Å². The summed E-state index contributed by atoms with van der Waals surface area (Å²) in [6.07, 6.45) is 8.24. The average molecular weight is 1520 g/mol. The highest BCUT2D eigenvalue weighted by Gasteiger charge is 2.36. The van der Waals surface area contributed by atoms with Gasteiger partial charge in [0.25, 0.3) is 0 Å². The van der Waals surface area contributed by atoms with Gasteiger partial charge in [0.15, 0.2) is 10.9 Å². The van der Waals surface area contributed by atoms with Crippen molar-refractivity contribution in [2.45, 2.75) is 0 Å². The molecule has 18 nitrogen and oxygen atoms in total. The molecule has 0 amide bonds. The largest absolute Gasteiger partial charge is 0.497 e. The highest BCUT2D eigenvalue weighted by atomic mass is 16.5. The Morgan fingerprint density at radius 2 is 0.534 bits per heavy atom. The quantitative estimate of drug-likeness (QED) is 0.0894. The maximum Gasteiger partial charge on any atom is 0.200 e. The van der Waals surface area contributed by atoms with Gasteiger partial charge < -0.3 is 57.8 Å². The van der Waals surface area contributed by atoms with Crippen molar-refractivity contribution in [1.82, 2.24) is 39.9 Å². The Morgan fingerprint density at radius 3 is 0.922 bits per heavy atom. The fraction of sp³-hybridized carbons (Fsp3) is 0.0816. The number of aromatic amines is 4. The van der Waals surface area contributed by atoms with E-state index in [9.17, 15) is 4.79 Å². The maximum atomic E-state index is 15.0. The summed E-state index contributed by atoms with van der Waals surface area (Å²) in [6.45, 7) is 0. The number of methoxy groups -OCH3 is 8. The molecule has 8 aliphatic rings.